The second-order valence-electron chi connectivity index (χ2n) is 7.73. The first-order valence-electron chi connectivity index (χ1n) is 10.6. The van der Waals surface area contributed by atoms with Gasteiger partial charge in [0.25, 0.3) is 5.91 Å². The molecule has 1 fully saturated rings. The maximum atomic E-state index is 13.7. The van der Waals surface area contributed by atoms with E-state index in [9.17, 15) is 13.6 Å². The summed E-state index contributed by atoms with van der Waals surface area (Å²) in [5.74, 6) is -0.159. The molecule has 1 saturated heterocycles. The molecule has 0 bridgehead atoms. The van der Waals surface area contributed by atoms with E-state index in [1.807, 2.05) is 19.2 Å². The molecule has 12 heteroatoms. The standard InChI is InChI=1S/C23H23F2IN5O3P/c1-30-12-18(17-5-6-19(29-21(17)30)15(10-27)11-28-35-26)22(32)31-7-8-33-13-20(31)14-3-2-4-16(9-14)34-23(24)25/h2-6,9-12,20,23,35H,7-8,13,27H2,1H3/b15-10+,28-11+. The van der Waals surface area contributed by atoms with E-state index in [4.69, 9.17) is 15.5 Å². The number of hydrogen-bond acceptors (Lipinski definition) is 6. The number of allylic oxidation sites excluding steroid dienone is 1. The van der Waals surface area contributed by atoms with E-state index in [1.165, 1.54) is 18.3 Å². The smallest absolute Gasteiger partial charge is 0.387 e. The summed E-state index contributed by atoms with van der Waals surface area (Å²) in [4.78, 5) is 20.1. The molecule has 2 unspecified atom stereocenters. The lowest BCUT2D eigenvalue weighted by Crippen LogP contribution is -2.43. The number of ether oxygens (including phenoxy) is 2. The van der Waals surface area contributed by atoms with E-state index < -0.39 is 12.7 Å². The van der Waals surface area contributed by atoms with Crippen molar-refractivity contribution in [2.24, 2.45) is 17.5 Å². The number of morpholine rings is 1. The molecule has 1 aliphatic heterocycles. The molecular formula is C23H23F2IN5O3P. The van der Waals surface area contributed by atoms with Gasteiger partial charge >= 0.3 is 6.61 Å². The number of rotatable bonds is 7. The minimum absolute atomic E-state index is 0.0350. The van der Waals surface area contributed by atoms with Crippen molar-refractivity contribution in [2.75, 3.05) is 19.8 Å². The number of aromatic nitrogens is 2. The van der Waals surface area contributed by atoms with Crippen LogP contribution in [0.2, 0.25) is 0 Å². The molecule has 1 aromatic carbocycles. The van der Waals surface area contributed by atoms with Crippen LogP contribution < -0.4 is 10.5 Å². The van der Waals surface area contributed by atoms with Gasteiger partial charge in [-0.15, -0.1) is 0 Å². The Hall–Kier alpha value is -2.63. The Morgan fingerprint density at radius 2 is 2.23 bits per heavy atom. The molecule has 0 radical (unpaired) electrons. The van der Waals surface area contributed by atoms with Gasteiger partial charge in [-0.1, -0.05) is 12.1 Å². The van der Waals surface area contributed by atoms with Gasteiger partial charge in [0, 0.05) is 43.2 Å². The van der Waals surface area contributed by atoms with Crippen molar-refractivity contribution in [1.82, 2.24) is 14.5 Å². The maximum Gasteiger partial charge on any atom is 0.387 e. The summed E-state index contributed by atoms with van der Waals surface area (Å²) in [6, 6.07) is 9.57. The number of carbonyl (C=O) groups excluding carboxylic acids is 1. The van der Waals surface area contributed by atoms with Crippen LogP contribution in [-0.2, 0) is 11.8 Å². The first-order chi connectivity index (χ1) is 16.9. The van der Waals surface area contributed by atoms with Crippen LogP contribution in [-0.4, -0.2) is 52.9 Å². The lowest BCUT2D eigenvalue weighted by atomic mass is 10.0. The monoisotopic (exact) mass is 613 g/mol. The highest BCUT2D eigenvalue weighted by molar-refractivity contribution is 14.2. The number of alkyl halides is 2. The summed E-state index contributed by atoms with van der Waals surface area (Å²) in [6.45, 7) is -1.94. The number of hydrogen-bond donors (Lipinski definition) is 1. The Labute approximate surface area is 215 Å². The molecule has 2 N–H and O–H groups in total. The Morgan fingerprint density at radius 3 is 2.97 bits per heavy atom. The summed E-state index contributed by atoms with van der Waals surface area (Å²) in [6.07, 6.45) is 5.25. The molecule has 0 spiro atoms. The Balaban J connectivity index is 1.67. The number of halogens is 3. The van der Waals surface area contributed by atoms with Crippen LogP contribution in [0.5, 0.6) is 5.75 Å². The van der Waals surface area contributed by atoms with Gasteiger partial charge in [-0.3, -0.25) is 9.56 Å². The lowest BCUT2D eigenvalue weighted by Gasteiger charge is -2.36. The fourth-order valence-electron chi connectivity index (χ4n) is 4.05. The summed E-state index contributed by atoms with van der Waals surface area (Å²) in [5, 5.41) is 0.699. The minimum atomic E-state index is -2.93. The van der Waals surface area contributed by atoms with Crippen molar-refractivity contribution >= 4 is 57.1 Å². The van der Waals surface area contributed by atoms with Crippen molar-refractivity contribution in [3.05, 3.63) is 65.6 Å². The highest BCUT2D eigenvalue weighted by atomic mass is 127. The van der Waals surface area contributed by atoms with Crippen LogP contribution in [0.15, 0.2) is 53.6 Å². The van der Waals surface area contributed by atoms with E-state index in [2.05, 4.69) is 31.5 Å². The normalized spacial score (nSPS) is 17.3. The van der Waals surface area contributed by atoms with E-state index in [0.29, 0.717) is 53.0 Å². The second kappa shape index (κ2) is 11.4. The zero-order valence-corrected chi connectivity index (χ0v) is 21.9. The summed E-state index contributed by atoms with van der Waals surface area (Å²) in [5.41, 5.74) is 8.88. The number of fused-ring (bicyclic) bond motifs is 1. The van der Waals surface area contributed by atoms with E-state index in [1.54, 1.807) is 34.0 Å². The van der Waals surface area contributed by atoms with E-state index in [-0.39, 0.29) is 18.3 Å². The molecule has 35 heavy (non-hydrogen) atoms. The van der Waals surface area contributed by atoms with Gasteiger partial charge in [-0.25, -0.2) is 4.98 Å². The molecule has 8 nitrogen and oxygen atoms in total. The number of amides is 1. The molecule has 1 amide bonds. The van der Waals surface area contributed by atoms with Crippen molar-refractivity contribution in [2.45, 2.75) is 12.7 Å². The summed E-state index contributed by atoms with van der Waals surface area (Å²) < 4.78 is 41.6. The number of carbonyl (C=O) groups is 1. The molecule has 2 aromatic heterocycles. The van der Waals surface area contributed by atoms with Gasteiger partial charge in [-0.2, -0.15) is 8.78 Å². The lowest BCUT2D eigenvalue weighted by molar-refractivity contribution is -0.0501. The van der Waals surface area contributed by atoms with Crippen LogP contribution in [0.1, 0.15) is 27.7 Å². The highest BCUT2D eigenvalue weighted by Crippen LogP contribution is 2.31. The molecule has 0 saturated carbocycles. The minimum Gasteiger partial charge on any atom is -0.435 e. The van der Waals surface area contributed by atoms with Crippen molar-refractivity contribution in [3.63, 3.8) is 0 Å². The molecule has 4 rings (SSSR count). The Kier molecular flexibility index (Phi) is 8.30. The van der Waals surface area contributed by atoms with Crippen molar-refractivity contribution < 1.29 is 23.0 Å². The predicted octanol–water partition coefficient (Wildman–Crippen LogP) is 4.70. The first-order valence-corrected chi connectivity index (χ1v) is 14.7. The average molecular weight is 613 g/mol. The first kappa shape index (κ1) is 25.5. The SMILES string of the molecule is Cn1cc(C(=O)N2CCOCC2c2cccc(OC(F)F)c2)c2ccc(C(=C/N)/C=N/PI)nc21. The predicted molar refractivity (Wildman–Crippen MR) is 141 cm³/mol. The number of nitrogens with zero attached hydrogens (tertiary/aromatic N) is 4. The Bertz CT molecular complexity index is 1280. The molecule has 2 atom stereocenters. The van der Waals surface area contributed by atoms with Gasteiger partial charge in [0.05, 0.1) is 36.9 Å². The molecule has 3 heterocycles. The van der Waals surface area contributed by atoms with Crippen LogP contribution in [0, 0.1) is 0 Å². The third-order valence-electron chi connectivity index (χ3n) is 5.64. The molecule has 184 valence electrons. The Morgan fingerprint density at radius 1 is 1.40 bits per heavy atom. The molecular weight excluding hydrogens is 590 g/mol. The zero-order chi connectivity index (χ0) is 24.9. The number of nitrogens with two attached hydrogens (primary N) is 1. The summed E-state index contributed by atoms with van der Waals surface area (Å²) in [7, 11) is 1.82. The molecule has 0 aliphatic carbocycles. The van der Waals surface area contributed by atoms with Crippen LogP contribution in [0.25, 0.3) is 16.6 Å². The topological polar surface area (TPSA) is 95.0 Å². The van der Waals surface area contributed by atoms with Gasteiger partial charge < -0.3 is 24.7 Å². The zero-order valence-electron chi connectivity index (χ0n) is 18.7. The van der Waals surface area contributed by atoms with Gasteiger partial charge in [-0.05, 0) is 51.9 Å². The highest BCUT2D eigenvalue weighted by Gasteiger charge is 2.31. The summed E-state index contributed by atoms with van der Waals surface area (Å²) >= 11 is 2.17. The number of aryl methyl sites for hydroxylation is 1. The maximum absolute atomic E-state index is 13.7. The number of benzene rings is 1. The van der Waals surface area contributed by atoms with E-state index >= 15 is 0 Å². The fourth-order valence-corrected chi connectivity index (χ4v) is 4.65. The largest absolute Gasteiger partial charge is 0.435 e. The average Bonchev–Trinajstić information content (AvgIpc) is 3.19. The van der Waals surface area contributed by atoms with Gasteiger partial charge in [0.1, 0.15) is 11.4 Å². The fraction of sp³-hybridized carbons (Fsp3) is 0.261. The third kappa shape index (κ3) is 5.62. The third-order valence-corrected chi connectivity index (χ3v) is 6.70. The van der Waals surface area contributed by atoms with Crippen LogP contribution >= 0.6 is 28.4 Å². The molecule has 3 aromatic rings. The second-order valence-corrected chi connectivity index (χ2v) is 9.60. The van der Waals surface area contributed by atoms with Gasteiger partial charge in [0.2, 0.25) is 0 Å². The van der Waals surface area contributed by atoms with Crippen LogP contribution in [0.4, 0.5) is 8.78 Å². The van der Waals surface area contributed by atoms with E-state index in [0.717, 1.165) is 0 Å². The quantitative estimate of drug-likeness (QED) is 0.237. The number of pyridine rings is 1. The molecule has 1 aliphatic rings. The van der Waals surface area contributed by atoms with Crippen LogP contribution in [0.3, 0.4) is 0 Å². The van der Waals surface area contributed by atoms with Crippen molar-refractivity contribution in [1.29, 1.82) is 0 Å². The van der Waals surface area contributed by atoms with Gasteiger partial charge in [0.15, 0.2) is 0 Å². The van der Waals surface area contributed by atoms with Crippen molar-refractivity contribution in [3.8, 4) is 5.75 Å².